The van der Waals surface area contributed by atoms with Crippen LogP contribution in [0.4, 0.5) is 0 Å². The molecule has 5 heteroatoms. The minimum Gasteiger partial charge on any atom is -0.481 e. The Labute approximate surface area is 105 Å². The molecule has 0 atom stereocenters. The molecular formula is C13H15N3O2. The zero-order chi connectivity index (χ0) is 13.0. The van der Waals surface area contributed by atoms with Crippen molar-refractivity contribution in [3.8, 4) is 17.3 Å². The van der Waals surface area contributed by atoms with Crippen LogP contribution in [0.25, 0.3) is 11.4 Å². The van der Waals surface area contributed by atoms with E-state index in [0.29, 0.717) is 11.7 Å². The molecule has 1 N–H and O–H groups in total. The van der Waals surface area contributed by atoms with Gasteiger partial charge in [0, 0.05) is 29.6 Å². The SMILES string of the molecule is CCCc1cc(=O)[nH]c(-c2ccc(OC)nc2)n1. The Morgan fingerprint density at radius 3 is 2.83 bits per heavy atom. The summed E-state index contributed by atoms with van der Waals surface area (Å²) in [5.74, 6) is 1.08. The number of nitrogens with one attached hydrogen (secondary N) is 1. The maximum absolute atomic E-state index is 11.5. The lowest BCUT2D eigenvalue weighted by molar-refractivity contribution is 0.398. The van der Waals surface area contributed by atoms with Crippen molar-refractivity contribution in [1.82, 2.24) is 15.0 Å². The first kappa shape index (κ1) is 12.3. The standard InChI is InChI=1S/C13H15N3O2/c1-3-4-10-7-11(17)16-13(15-10)9-5-6-12(18-2)14-8-9/h5-8H,3-4H2,1-2H3,(H,15,16,17). The van der Waals surface area contributed by atoms with Gasteiger partial charge in [0.1, 0.15) is 5.82 Å². The Kier molecular flexibility index (Phi) is 3.72. The van der Waals surface area contributed by atoms with E-state index in [0.717, 1.165) is 24.1 Å². The average Bonchev–Trinajstić information content (AvgIpc) is 2.38. The van der Waals surface area contributed by atoms with E-state index < -0.39 is 0 Å². The number of H-pyrrole nitrogens is 1. The van der Waals surface area contributed by atoms with Gasteiger partial charge < -0.3 is 9.72 Å². The maximum atomic E-state index is 11.5. The van der Waals surface area contributed by atoms with Crippen molar-refractivity contribution in [2.45, 2.75) is 19.8 Å². The summed E-state index contributed by atoms with van der Waals surface area (Å²) < 4.78 is 4.99. The van der Waals surface area contributed by atoms with Crippen LogP contribution in [0.5, 0.6) is 5.88 Å². The Morgan fingerprint density at radius 2 is 2.22 bits per heavy atom. The topological polar surface area (TPSA) is 67.9 Å². The monoisotopic (exact) mass is 245 g/mol. The molecule has 0 aromatic carbocycles. The minimum absolute atomic E-state index is 0.140. The number of nitrogens with zero attached hydrogens (tertiary/aromatic N) is 2. The normalized spacial score (nSPS) is 10.3. The largest absolute Gasteiger partial charge is 0.481 e. The molecule has 2 aromatic heterocycles. The molecule has 0 radical (unpaired) electrons. The maximum Gasteiger partial charge on any atom is 0.251 e. The molecule has 0 unspecified atom stereocenters. The molecule has 2 aromatic rings. The highest BCUT2D eigenvalue weighted by atomic mass is 16.5. The van der Waals surface area contributed by atoms with Gasteiger partial charge in [-0.05, 0) is 12.5 Å². The van der Waals surface area contributed by atoms with Gasteiger partial charge in [-0.25, -0.2) is 9.97 Å². The van der Waals surface area contributed by atoms with Crippen LogP contribution in [0.1, 0.15) is 19.0 Å². The van der Waals surface area contributed by atoms with Gasteiger partial charge in [-0.1, -0.05) is 13.3 Å². The fraction of sp³-hybridized carbons (Fsp3) is 0.308. The molecule has 0 spiro atoms. The molecule has 18 heavy (non-hydrogen) atoms. The second-order valence-corrected chi connectivity index (χ2v) is 3.92. The number of aromatic nitrogens is 3. The van der Waals surface area contributed by atoms with E-state index in [4.69, 9.17) is 4.74 Å². The van der Waals surface area contributed by atoms with Crippen LogP contribution in [0, 0.1) is 0 Å². The first-order valence-electron chi connectivity index (χ1n) is 5.83. The molecule has 2 heterocycles. The van der Waals surface area contributed by atoms with Crippen LogP contribution in [-0.2, 0) is 6.42 Å². The fourth-order valence-corrected chi connectivity index (χ4v) is 1.67. The molecule has 0 aliphatic carbocycles. The first-order valence-corrected chi connectivity index (χ1v) is 5.83. The van der Waals surface area contributed by atoms with Crippen molar-refractivity contribution >= 4 is 0 Å². The molecule has 0 saturated carbocycles. The van der Waals surface area contributed by atoms with Gasteiger partial charge in [0.05, 0.1) is 7.11 Å². The summed E-state index contributed by atoms with van der Waals surface area (Å²) in [5.41, 5.74) is 1.43. The Morgan fingerprint density at radius 1 is 1.39 bits per heavy atom. The zero-order valence-corrected chi connectivity index (χ0v) is 10.4. The van der Waals surface area contributed by atoms with E-state index in [2.05, 4.69) is 21.9 Å². The van der Waals surface area contributed by atoms with E-state index >= 15 is 0 Å². The summed E-state index contributed by atoms with van der Waals surface area (Å²) >= 11 is 0. The lowest BCUT2D eigenvalue weighted by Crippen LogP contribution is -2.10. The smallest absolute Gasteiger partial charge is 0.251 e. The van der Waals surface area contributed by atoms with Crippen molar-refractivity contribution in [2.75, 3.05) is 7.11 Å². The summed E-state index contributed by atoms with van der Waals surface area (Å²) in [6, 6.07) is 5.09. The highest BCUT2D eigenvalue weighted by molar-refractivity contribution is 5.53. The van der Waals surface area contributed by atoms with Crippen molar-refractivity contribution < 1.29 is 4.74 Å². The number of aromatic amines is 1. The molecule has 0 amide bonds. The van der Waals surface area contributed by atoms with Gasteiger partial charge in [0.15, 0.2) is 0 Å². The van der Waals surface area contributed by atoms with Crippen LogP contribution >= 0.6 is 0 Å². The molecule has 5 nitrogen and oxygen atoms in total. The number of methoxy groups -OCH3 is 1. The third kappa shape index (κ3) is 2.74. The highest BCUT2D eigenvalue weighted by Crippen LogP contribution is 2.15. The Hall–Kier alpha value is -2.17. The van der Waals surface area contributed by atoms with Gasteiger partial charge in [0.25, 0.3) is 5.56 Å². The fourth-order valence-electron chi connectivity index (χ4n) is 1.67. The number of aryl methyl sites for hydroxylation is 1. The van der Waals surface area contributed by atoms with Gasteiger partial charge in [-0.2, -0.15) is 0 Å². The molecule has 0 bridgehead atoms. The summed E-state index contributed by atoms with van der Waals surface area (Å²) in [7, 11) is 1.56. The number of ether oxygens (including phenoxy) is 1. The first-order chi connectivity index (χ1) is 8.72. The van der Waals surface area contributed by atoms with Crippen molar-refractivity contribution in [3.63, 3.8) is 0 Å². The Balaban J connectivity index is 2.39. The lowest BCUT2D eigenvalue weighted by atomic mass is 10.2. The molecule has 94 valence electrons. The molecule has 0 fully saturated rings. The van der Waals surface area contributed by atoms with Gasteiger partial charge in [-0.3, -0.25) is 4.79 Å². The second kappa shape index (κ2) is 5.44. The Bertz CT molecular complexity index is 576. The highest BCUT2D eigenvalue weighted by Gasteiger charge is 2.04. The van der Waals surface area contributed by atoms with Crippen LogP contribution < -0.4 is 10.3 Å². The van der Waals surface area contributed by atoms with E-state index in [1.807, 2.05) is 6.07 Å². The lowest BCUT2D eigenvalue weighted by Gasteiger charge is -2.04. The zero-order valence-electron chi connectivity index (χ0n) is 10.4. The number of pyridine rings is 1. The van der Waals surface area contributed by atoms with Crippen molar-refractivity contribution in [2.24, 2.45) is 0 Å². The molecule has 0 aliphatic heterocycles. The number of rotatable bonds is 4. The van der Waals surface area contributed by atoms with Gasteiger partial charge in [-0.15, -0.1) is 0 Å². The summed E-state index contributed by atoms with van der Waals surface area (Å²) in [5, 5.41) is 0. The van der Waals surface area contributed by atoms with E-state index in [1.165, 1.54) is 6.07 Å². The predicted octanol–water partition coefficient (Wildman–Crippen LogP) is 1.79. The van der Waals surface area contributed by atoms with Gasteiger partial charge >= 0.3 is 0 Å². The predicted molar refractivity (Wildman–Crippen MR) is 68.6 cm³/mol. The summed E-state index contributed by atoms with van der Waals surface area (Å²) in [4.78, 5) is 22.8. The number of hydrogen-bond acceptors (Lipinski definition) is 4. The average molecular weight is 245 g/mol. The van der Waals surface area contributed by atoms with Crippen LogP contribution in [0.2, 0.25) is 0 Å². The van der Waals surface area contributed by atoms with Gasteiger partial charge in [0.2, 0.25) is 5.88 Å². The van der Waals surface area contributed by atoms with Crippen LogP contribution in [0.15, 0.2) is 29.2 Å². The number of hydrogen-bond donors (Lipinski definition) is 1. The second-order valence-electron chi connectivity index (χ2n) is 3.92. The van der Waals surface area contributed by atoms with Crippen LogP contribution in [-0.4, -0.2) is 22.1 Å². The summed E-state index contributed by atoms with van der Waals surface area (Å²) in [6.45, 7) is 2.05. The third-order valence-corrected chi connectivity index (χ3v) is 2.52. The molecule has 0 saturated heterocycles. The minimum atomic E-state index is -0.140. The quantitative estimate of drug-likeness (QED) is 0.891. The van der Waals surface area contributed by atoms with E-state index in [-0.39, 0.29) is 5.56 Å². The molecule has 2 rings (SSSR count). The summed E-state index contributed by atoms with van der Waals surface area (Å²) in [6.07, 6.45) is 3.38. The van der Waals surface area contributed by atoms with Crippen molar-refractivity contribution in [1.29, 1.82) is 0 Å². The van der Waals surface area contributed by atoms with E-state index in [1.54, 1.807) is 19.4 Å². The van der Waals surface area contributed by atoms with Crippen molar-refractivity contribution in [3.05, 3.63) is 40.4 Å². The third-order valence-electron chi connectivity index (χ3n) is 2.52. The van der Waals surface area contributed by atoms with Crippen LogP contribution in [0.3, 0.4) is 0 Å². The van der Waals surface area contributed by atoms with E-state index in [9.17, 15) is 4.79 Å². The molecular weight excluding hydrogens is 230 g/mol. The molecule has 0 aliphatic rings.